The fraction of sp³-hybridized carbons (Fsp3) is 0.400. The van der Waals surface area contributed by atoms with E-state index in [1.54, 1.807) is 6.08 Å². The lowest BCUT2D eigenvalue weighted by Crippen LogP contribution is -2.27. The van der Waals surface area contributed by atoms with Crippen LogP contribution >= 0.6 is 0 Å². The predicted octanol–water partition coefficient (Wildman–Crippen LogP) is -0.355. The van der Waals surface area contributed by atoms with Crippen molar-refractivity contribution >= 4 is 6.29 Å². The molecule has 1 N–H and O–H groups in total. The minimum atomic E-state index is -0.385. The second-order valence-corrected chi connectivity index (χ2v) is 1.50. The van der Waals surface area contributed by atoms with E-state index in [9.17, 15) is 4.79 Å². The molecule has 1 aliphatic rings. The number of rotatable bonds is 1. The van der Waals surface area contributed by atoms with Gasteiger partial charge < -0.3 is 4.79 Å². The number of hydrogen-bond donors (Lipinski definition) is 1. The van der Waals surface area contributed by atoms with Gasteiger partial charge in [0.15, 0.2) is 12.4 Å². The monoisotopic (exact) mass is 113 g/mol. The van der Waals surface area contributed by atoms with E-state index < -0.39 is 0 Å². The Morgan fingerprint density at radius 3 is 3.12 bits per heavy atom. The van der Waals surface area contributed by atoms with Crippen LogP contribution in [-0.2, 0) is 9.63 Å². The summed E-state index contributed by atoms with van der Waals surface area (Å²) >= 11 is 0. The number of carbonyl (C=O) groups is 1. The van der Waals surface area contributed by atoms with Gasteiger partial charge in [-0.1, -0.05) is 6.08 Å². The van der Waals surface area contributed by atoms with Gasteiger partial charge in [0.25, 0.3) is 0 Å². The maximum Gasteiger partial charge on any atom is 0.154 e. The third-order valence-corrected chi connectivity index (χ3v) is 0.880. The normalized spacial score (nSPS) is 27.8. The van der Waals surface area contributed by atoms with Crippen molar-refractivity contribution in [3.05, 3.63) is 12.2 Å². The number of carbonyl (C=O) groups excluding carboxylic acids is 1. The molecule has 1 atom stereocenters. The Balaban J connectivity index is 2.42. The highest BCUT2D eigenvalue weighted by molar-refractivity contribution is 5.59. The summed E-state index contributed by atoms with van der Waals surface area (Å²) in [4.78, 5) is 14.7. The van der Waals surface area contributed by atoms with Gasteiger partial charge in [-0.15, -0.1) is 0 Å². The largest absolute Gasteiger partial charge is 0.300 e. The van der Waals surface area contributed by atoms with Crippen LogP contribution in [0.2, 0.25) is 0 Å². The molecule has 0 aromatic rings. The van der Waals surface area contributed by atoms with Gasteiger partial charge in [-0.3, -0.25) is 4.84 Å². The molecule has 0 saturated carbocycles. The van der Waals surface area contributed by atoms with Crippen LogP contribution in [0.4, 0.5) is 0 Å². The van der Waals surface area contributed by atoms with Gasteiger partial charge in [-0.05, 0) is 6.08 Å². The van der Waals surface area contributed by atoms with E-state index in [0.29, 0.717) is 6.54 Å². The Labute approximate surface area is 47.3 Å². The number of hydrogen-bond acceptors (Lipinski definition) is 3. The summed E-state index contributed by atoms with van der Waals surface area (Å²) in [7, 11) is 0. The van der Waals surface area contributed by atoms with Crippen LogP contribution in [0.15, 0.2) is 12.2 Å². The highest BCUT2D eigenvalue weighted by Crippen LogP contribution is 1.91. The Bertz CT molecular complexity index is 111. The van der Waals surface area contributed by atoms with E-state index >= 15 is 0 Å². The molecule has 0 fully saturated rings. The van der Waals surface area contributed by atoms with Gasteiger partial charge in [-0.25, -0.2) is 0 Å². The van der Waals surface area contributed by atoms with Crippen molar-refractivity contribution in [2.75, 3.05) is 6.54 Å². The van der Waals surface area contributed by atoms with E-state index in [1.807, 2.05) is 6.08 Å². The van der Waals surface area contributed by atoms with Gasteiger partial charge in [0.2, 0.25) is 0 Å². The molecule has 0 aromatic carbocycles. The van der Waals surface area contributed by atoms with Gasteiger partial charge >= 0.3 is 0 Å². The first-order valence-electron chi connectivity index (χ1n) is 2.44. The number of hydroxylamine groups is 1. The number of aldehydes is 1. The van der Waals surface area contributed by atoms with Crippen LogP contribution < -0.4 is 5.48 Å². The zero-order chi connectivity index (χ0) is 5.82. The highest BCUT2D eigenvalue weighted by atomic mass is 16.7. The van der Waals surface area contributed by atoms with E-state index in [4.69, 9.17) is 4.84 Å². The van der Waals surface area contributed by atoms with E-state index in [0.717, 1.165) is 6.29 Å². The molecule has 1 heterocycles. The zero-order valence-corrected chi connectivity index (χ0v) is 4.33. The lowest BCUT2D eigenvalue weighted by Gasteiger charge is -2.10. The molecule has 3 nitrogen and oxygen atoms in total. The topological polar surface area (TPSA) is 38.3 Å². The fourth-order valence-electron chi connectivity index (χ4n) is 0.507. The first-order chi connectivity index (χ1) is 3.93. The molecule has 44 valence electrons. The molecule has 0 saturated heterocycles. The van der Waals surface area contributed by atoms with E-state index in [1.165, 1.54) is 0 Å². The van der Waals surface area contributed by atoms with Crippen molar-refractivity contribution in [2.45, 2.75) is 6.10 Å². The van der Waals surface area contributed by atoms with Gasteiger partial charge in [0, 0.05) is 6.54 Å². The minimum Gasteiger partial charge on any atom is -0.300 e. The average molecular weight is 113 g/mol. The first-order valence-corrected chi connectivity index (χ1v) is 2.44. The van der Waals surface area contributed by atoms with Crippen molar-refractivity contribution in [1.29, 1.82) is 0 Å². The second kappa shape index (κ2) is 2.59. The first kappa shape index (κ1) is 5.47. The lowest BCUT2D eigenvalue weighted by atomic mass is 10.3. The minimum absolute atomic E-state index is 0.385. The molecule has 8 heavy (non-hydrogen) atoms. The highest BCUT2D eigenvalue weighted by Gasteiger charge is 2.03. The van der Waals surface area contributed by atoms with Crippen molar-refractivity contribution in [3.63, 3.8) is 0 Å². The molecular formula is C5H7NO2. The van der Waals surface area contributed by atoms with Crippen LogP contribution in [0.3, 0.4) is 0 Å². The maximum absolute atomic E-state index is 9.94. The summed E-state index contributed by atoms with van der Waals surface area (Å²) in [6.07, 6.45) is 3.91. The summed E-state index contributed by atoms with van der Waals surface area (Å²) in [6, 6.07) is 0. The Hall–Kier alpha value is -0.670. The Morgan fingerprint density at radius 1 is 1.88 bits per heavy atom. The standard InChI is InChI=1S/C5H7NO2/c7-4-5-2-1-3-6-8-5/h1-2,4-6H,3H2. The SMILES string of the molecule is O=CC1C=CCNO1. The molecule has 1 unspecified atom stereocenters. The van der Waals surface area contributed by atoms with Crippen molar-refractivity contribution in [3.8, 4) is 0 Å². The molecule has 1 aliphatic heterocycles. The maximum atomic E-state index is 9.94. The third-order valence-electron chi connectivity index (χ3n) is 0.880. The van der Waals surface area contributed by atoms with Crippen molar-refractivity contribution in [2.24, 2.45) is 0 Å². The quantitative estimate of drug-likeness (QED) is 0.373. The van der Waals surface area contributed by atoms with Crippen LogP contribution in [0, 0.1) is 0 Å². The van der Waals surface area contributed by atoms with Gasteiger partial charge in [0.1, 0.15) is 0 Å². The summed E-state index contributed by atoms with van der Waals surface area (Å²) in [5, 5.41) is 0. The lowest BCUT2D eigenvalue weighted by molar-refractivity contribution is -0.119. The Kier molecular flexibility index (Phi) is 1.77. The average Bonchev–Trinajstić information content (AvgIpc) is 1.90. The summed E-state index contributed by atoms with van der Waals surface area (Å²) in [5.74, 6) is 0. The predicted molar refractivity (Wildman–Crippen MR) is 28.1 cm³/mol. The smallest absolute Gasteiger partial charge is 0.154 e. The number of nitrogens with one attached hydrogen (secondary N) is 1. The van der Waals surface area contributed by atoms with Gasteiger partial charge in [0.05, 0.1) is 0 Å². The van der Waals surface area contributed by atoms with Crippen molar-refractivity contribution < 1.29 is 9.63 Å². The van der Waals surface area contributed by atoms with Crippen LogP contribution in [0.1, 0.15) is 0 Å². The van der Waals surface area contributed by atoms with Crippen LogP contribution in [0.5, 0.6) is 0 Å². The molecular weight excluding hydrogens is 106 g/mol. The molecule has 0 aromatic heterocycles. The van der Waals surface area contributed by atoms with Crippen LogP contribution in [-0.4, -0.2) is 18.9 Å². The van der Waals surface area contributed by atoms with E-state index in [2.05, 4.69) is 5.48 Å². The molecule has 1 rings (SSSR count). The van der Waals surface area contributed by atoms with Crippen molar-refractivity contribution in [1.82, 2.24) is 5.48 Å². The van der Waals surface area contributed by atoms with Gasteiger partial charge in [-0.2, -0.15) is 5.48 Å². The third kappa shape index (κ3) is 1.15. The molecule has 0 amide bonds. The molecule has 0 bridgehead atoms. The molecule has 0 spiro atoms. The Morgan fingerprint density at radius 2 is 2.75 bits per heavy atom. The fourth-order valence-corrected chi connectivity index (χ4v) is 0.507. The molecule has 0 radical (unpaired) electrons. The zero-order valence-electron chi connectivity index (χ0n) is 4.33. The van der Waals surface area contributed by atoms with E-state index in [-0.39, 0.29) is 6.10 Å². The molecule has 3 heteroatoms. The second-order valence-electron chi connectivity index (χ2n) is 1.50. The summed E-state index contributed by atoms with van der Waals surface area (Å²) in [5.41, 5.74) is 2.57. The molecule has 0 aliphatic carbocycles. The van der Waals surface area contributed by atoms with Crippen LogP contribution in [0.25, 0.3) is 0 Å². The summed E-state index contributed by atoms with van der Waals surface area (Å²) < 4.78 is 0. The summed E-state index contributed by atoms with van der Waals surface area (Å²) in [6.45, 7) is 0.685.